The van der Waals surface area contributed by atoms with Gasteiger partial charge in [0.1, 0.15) is 0 Å². The maximum atomic E-state index is 13.3. The molecule has 0 bridgehead atoms. The van der Waals surface area contributed by atoms with Gasteiger partial charge in [-0.25, -0.2) is 9.79 Å². The predicted octanol–water partition coefficient (Wildman–Crippen LogP) is 5.57. The van der Waals surface area contributed by atoms with Crippen LogP contribution in [0.3, 0.4) is 0 Å². The van der Waals surface area contributed by atoms with E-state index in [1.807, 2.05) is 18.2 Å². The number of rotatable bonds is 6. The van der Waals surface area contributed by atoms with E-state index in [9.17, 15) is 24.8 Å². The van der Waals surface area contributed by atoms with E-state index in [4.69, 9.17) is 5.11 Å². The number of thioether (sulfide) groups is 1. The van der Waals surface area contributed by atoms with Gasteiger partial charge in [-0.15, -0.1) is 0 Å². The molecule has 0 aliphatic carbocycles. The van der Waals surface area contributed by atoms with Crippen molar-refractivity contribution in [3.05, 3.63) is 103 Å². The molecule has 0 spiro atoms. The van der Waals surface area contributed by atoms with E-state index < -0.39 is 22.3 Å². The zero-order valence-electron chi connectivity index (χ0n) is 17.8. The summed E-state index contributed by atoms with van der Waals surface area (Å²) in [6.07, 6.45) is 1.50. The summed E-state index contributed by atoms with van der Waals surface area (Å²) in [5.41, 5.74) is 1.33. The molecule has 1 heterocycles. The van der Waals surface area contributed by atoms with E-state index in [1.54, 1.807) is 24.3 Å². The number of hydrogen-bond donors (Lipinski definition) is 2. The second-order valence-corrected chi connectivity index (χ2v) is 9.22. The molecule has 0 atom stereocenters. The van der Waals surface area contributed by atoms with Gasteiger partial charge in [0.15, 0.2) is 5.17 Å². The van der Waals surface area contributed by atoms with E-state index in [-0.39, 0.29) is 27.4 Å². The van der Waals surface area contributed by atoms with E-state index in [0.717, 1.165) is 11.8 Å². The molecule has 0 radical (unpaired) electrons. The van der Waals surface area contributed by atoms with Crippen LogP contribution >= 0.6 is 27.7 Å². The van der Waals surface area contributed by atoms with Crippen molar-refractivity contribution in [2.24, 2.45) is 4.99 Å². The number of carboxylic acids is 1. The smallest absolute Gasteiger partial charge is 0.335 e. The van der Waals surface area contributed by atoms with Gasteiger partial charge in [-0.2, -0.15) is 0 Å². The minimum atomic E-state index is -1.05. The van der Waals surface area contributed by atoms with Gasteiger partial charge >= 0.3 is 11.7 Å². The monoisotopic (exact) mass is 553 g/mol. The summed E-state index contributed by atoms with van der Waals surface area (Å²) in [5, 5.41) is 30.7. The van der Waals surface area contributed by atoms with Crippen molar-refractivity contribution < 1.29 is 24.7 Å². The topological polar surface area (TPSA) is 133 Å². The van der Waals surface area contributed by atoms with Gasteiger partial charge in [-0.05, 0) is 75.2 Å². The summed E-state index contributed by atoms with van der Waals surface area (Å²) in [5.74, 6) is -1.91. The highest BCUT2D eigenvalue weighted by Gasteiger charge is 2.34. The number of carbonyl (C=O) groups is 2. The van der Waals surface area contributed by atoms with Crippen LogP contribution in [0.25, 0.3) is 6.08 Å². The third kappa shape index (κ3) is 5.42. The van der Waals surface area contributed by atoms with Crippen LogP contribution in [0.1, 0.15) is 21.5 Å². The number of halogens is 1. The summed E-state index contributed by atoms with van der Waals surface area (Å²) < 4.78 is 0.127. The second-order valence-electron chi connectivity index (χ2n) is 7.36. The van der Waals surface area contributed by atoms with Gasteiger partial charge in [0.25, 0.3) is 5.91 Å². The second kappa shape index (κ2) is 10.1. The molecular formula is C24H16BrN3O6S. The minimum Gasteiger partial charge on any atom is -0.501 e. The van der Waals surface area contributed by atoms with Crippen molar-refractivity contribution in [2.45, 2.75) is 6.54 Å². The van der Waals surface area contributed by atoms with Crippen LogP contribution in [0.4, 0.5) is 11.4 Å². The lowest BCUT2D eigenvalue weighted by Crippen LogP contribution is -2.28. The summed E-state index contributed by atoms with van der Waals surface area (Å²) in [7, 11) is 0. The average molecular weight is 554 g/mol. The number of aromatic carboxylic acids is 1. The summed E-state index contributed by atoms with van der Waals surface area (Å²) in [6.45, 7) is 0.147. The van der Waals surface area contributed by atoms with Gasteiger partial charge in [0, 0.05) is 6.07 Å². The number of aromatic hydroxyl groups is 1. The summed E-state index contributed by atoms with van der Waals surface area (Å²) in [4.78, 5) is 41.4. The standard InChI is InChI=1S/C24H16BrN3O6S/c25-18-10-15(11-19(21(18)29)28(33)34)12-20-22(30)27(13-14-6-8-16(9-7-14)23(31)32)24(35-20)26-17-4-2-1-3-5-17/h1-12,29H,13H2,(H,31,32)/b20-12-,26-24?. The number of carboxylic acid groups (broad SMARTS) is 1. The maximum Gasteiger partial charge on any atom is 0.335 e. The molecule has 176 valence electrons. The number of nitro groups is 1. The Labute approximate surface area is 211 Å². The van der Waals surface area contributed by atoms with Crippen molar-refractivity contribution in [1.29, 1.82) is 0 Å². The molecule has 3 aromatic carbocycles. The third-order valence-corrected chi connectivity index (χ3v) is 6.58. The lowest BCUT2D eigenvalue weighted by Gasteiger charge is -2.16. The maximum absolute atomic E-state index is 13.3. The number of phenolic OH excluding ortho intramolecular Hbond substituents is 1. The fourth-order valence-corrected chi connectivity index (χ4v) is 4.72. The molecule has 3 aromatic rings. The quantitative estimate of drug-likeness (QED) is 0.231. The number of nitrogens with zero attached hydrogens (tertiary/aromatic N) is 3. The first-order valence-electron chi connectivity index (χ1n) is 10.1. The number of hydrogen-bond acceptors (Lipinski definition) is 7. The highest BCUT2D eigenvalue weighted by Crippen LogP contribution is 2.39. The fourth-order valence-electron chi connectivity index (χ4n) is 3.26. The number of phenols is 1. The van der Waals surface area contributed by atoms with Crippen LogP contribution in [0, 0.1) is 10.1 Å². The van der Waals surface area contributed by atoms with Gasteiger partial charge in [-0.3, -0.25) is 19.8 Å². The number of benzene rings is 3. The van der Waals surface area contributed by atoms with Crippen molar-refractivity contribution in [3.8, 4) is 5.75 Å². The molecule has 1 amide bonds. The zero-order valence-corrected chi connectivity index (χ0v) is 20.2. The van der Waals surface area contributed by atoms with E-state index >= 15 is 0 Å². The molecular weight excluding hydrogens is 538 g/mol. The Balaban J connectivity index is 1.72. The first-order valence-corrected chi connectivity index (χ1v) is 11.7. The lowest BCUT2D eigenvalue weighted by molar-refractivity contribution is -0.386. The Kier molecular flexibility index (Phi) is 6.99. The highest BCUT2D eigenvalue weighted by molar-refractivity contribution is 9.10. The largest absolute Gasteiger partial charge is 0.501 e. The molecule has 0 unspecified atom stereocenters. The Morgan fingerprint density at radius 1 is 1.14 bits per heavy atom. The zero-order chi connectivity index (χ0) is 25.1. The number of amidine groups is 1. The summed E-state index contributed by atoms with van der Waals surface area (Å²) in [6, 6.07) is 17.9. The average Bonchev–Trinajstić information content (AvgIpc) is 3.10. The van der Waals surface area contributed by atoms with Crippen LogP contribution in [0.2, 0.25) is 0 Å². The van der Waals surface area contributed by atoms with E-state index in [1.165, 1.54) is 35.2 Å². The molecule has 35 heavy (non-hydrogen) atoms. The Morgan fingerprint density at radius 3 is 2.46 bits per heavy atom. The molecule has 4 rings (SSSR count). The summed E-state index contributed by atoms with van der Waals surface area (Å²) >= 11 is 4.22. The lowest BCUT2D eigenvalue weighted by atomic mass is 10.1. The van der Waals surface area contributed by atoms with E-state index in [0.29, 0.717) is 22.0 Å². The molecule has 9 nitrogen and oxygen atoms in total. The van der Waals surface area contributed by atoms with Crippen molar-refractivity contribution >= 4 is 62.2 Å². The molecule has 2 N–H and O–H groups in total. The molecule has 1 saturated heterocycles. The molecule has 0 saturated carbocycles. The fraction of sp³-hybridized carbons (Fsp3) is 0.0417. The molecule has 1 aliphatic rings. The number of para-hydroxylation sites is 1. The van der Waals surface area contributed by atoms with Gasteiger partial charge < -0.3 is 10.2 Å². The molecule has 0 aromatic heterocycles. The predicted molar refractivity (Wildman–Crippen MR) is 136 cm³/mol. The van der Waals surface area contributed by atoms with Crippen LogP contribution in [-0.4, -0.2) is 37.1 Å². The Hall–Kier alpha value is -3.96. The highest BCUT2D eigenvalue weighted by atomic mass is 79.9. The van der Waals surface area contributed by atoms with Crippen LogP contribution in [-0.2, 0) is 11.3 Å². The number of nitro benzene ring substituents is 1. The molecule has 1 fully saturated rings. The van der Waals surface area contributed by atoms with Gasteiger partial charge in [-0.1, -0.05) is 30.3 Å². The first kappa shape index (κ1) is 24.2. The minimum absolute atomic E-state index is 0.127. The van der Waals surface area contributed by atoms with Crippen molar-refractivity contribution in [1.82, 2.24) is 4.90 Å². The molecule has 1 aliphatic heterocycles. The Morgan fingerprint density at radius 2 is 1.83 bits per heavy atom. The normalized spacial score (nSPS) is 15.7. The third-order valence-electron chi connectivity index (χ3n) is 4.97. The van der Waals surface area contributed by atoms with Gasteiger partial charge in [0.05, 0.1) is 32.1 Å². The number of carbonyl (C=O) groups excluding carboxylic acids is 1. The number of amides is 1. The van der Waals surface area contributed by atoms with Gasteiger partial charge in [0.2, 0.25) is 5.75 Å². The number of aliphatic imine (C=N–C) groups is 1. The SMILES string of the molecule is O=C(O)c1ccc(CN2C(=O)/C(=C/c3cc(Br)c(O)c([N+](=O)[O-])c3)SC2=Nc2ccccc2)cc1. The van der Waals surface area contributed by atoms with Crippen LogP contribution in [0.15, 0.2) is 81.1 Å². The van der Waals surface area contributed by atoms with Crippen LogP contribution in [0.5, 0.6) is 5.75 Å². The van der Waals surface area contributed by atoms with Crippen LogP contribution < -0.4 is 0 Å². The first-order chi connectivity index (χ1) is 16.7. The van der Waals surface area contributed by atoms with Crippen molar-refractivity contribution in [3.63, 3.8) is 0 Å². The Bertz CT molecular complexity index is 1390. The van der Waals surface area contributed by atoms with E-state index in [2.05, 4.69) is 20.9 Å². The van der Waals surface area contributed by atoms with Crippen molar-refractivity contribution in [2.75, 3.05) is 0 Å². The molecule has 11 heteroatoms.